The molecule has 0 saturated carbocycles. The molecule has 0 fully saturated rings. The number of rotatable bonds is 20. The first kappa shape index (κ1) is 49.3. The fourth-order valence-corrected chi connectivity index (χ4v) is 8.56. The molecule has 0 amide bonds. The van der Waals surface area contributed by atoms with Gasteiger partial charge in [-0.15, -0.1) is 0 Å². The number of carboxylic acids is 2. The fraction of sp³-hybridized carbons (Fsp3) is 0.500. The number of pyridine rings is 2. The number of carboxylic acid groups (broad SMARTS) is 2. The third kappa shape index (κ3) is 10.8. The summed E-state index contributed by atoms with van der Waals surface area (Å²) < 4.78 is 47.9. The lowest BCUT2D eigenvalue weighted by atomic mass is 9.77. The number of aromatic nitrogens is 2. The zero-order valence-electron chi connectivity index (χ0n) is 38.5. The molecule has 64 heavy (non-hydrogen) atoms. The van der Waals surface area contributed by atoms with Crippen LogP contribution in [0.3, 0.4) is 0 Å². The predicted octanol–water partition coefficient (Wildman–Crippen LogP) is 6.81. The summed E-state index contributed by atoms with van der Waals surface area (Å²) in [5.74, 6) is -0.116. The highest BCUT2D eigenvalue weighted by atomic mass is 16.5. The maximum Gasteiger partial charge on any atom is 0.341 e. The molecule has 0 bridgehead atoms. The Balaban J connectivity index is 0.000000241. The number of methoxy groups -OCH3 is 6. The summed E-state index contributed by atoms with van der Waals surface area (Å²) in [5.41, 5.74) is 2.75. The van der Waals surface area contributed by atoms with Crippen LogP contribution in [0.15, 0.2) is 58.4 Å². The highest BCUT2D eigenvalue weighted by molar-refractivity contribution is 5.88. The highest BCUT2D eigenvalue weighted by Gasteiger charge is 2.39. The molecular weight excluding hydrogens is 829 g/mol. The van der Waals surface area contributed by atoms with Crippen LogP contribution in [0.2, 0.25) is 0 Å². The van der Waals surface area contributed by atoms with Crippen LogP contribution < -0.4 is 29.8 Å². The van der Waals surface area contributed by atoms with Crippen molar-refractivity contribution in [2.45, 2.75) is 65.5 Å². The summed E-state index contributed by atoms with van der Waals surface area (Å²) in [5, 5.41) is 19.0. The van der Waals surface area contributed by atoms with E-state index in [1.54, 1.807) is 42.7 Å². The normalized spacial score (nSPS) is 15.1. The van der Waals surface area contributed by atoms with Crippen LogP contribution in [0.1, 0.15) is 84.5 Å². The number of aromatic carboxylic acids is 2. The third-order valence-electron chi connectivity index (χ3n) is 11.8. The second-order valence-electron chi connectivity index (χ2n) is 17.3. The molecule has 0 aliphatic carbocycles. The Kier molecular flexibility index (Phi) is 16.4. The van der Waals surface area contributed by atoms with Gasteiger partial charge in [0, 0.05) is 113 Å². The Morgan fingerprint density at radius 3 is 1.25 bits per heavy atom. The lowest BCUT2D eigenvalue weighted by Gasteiger charge is -2.40. The van der Waals surface area contributed by atoms with Gasteiger partial charge in [0.05, 0.1) is 52.0 Å². The van der Waals surface area contributed by atoms with Gasteiger partial charge in [0.25, 0.3) is 0 Å². The van der Waals surface area contributed by atoms with E-state index in [2.05, 4.69) is 27.7 Å². The monoisotopic (exact) mass is 890 g/mol. The van der Waals surface area contributed by atoms with E-state index in [-0.39, 0.29) is 34.0 Å². The van der Waals surface area contributed by atoms with Gasteiger partial charge >= 0.3 is 11.9 Å². The Hall–Kier alpha value is -5.68. The third-order valence-corrected chi connectivity index (χ3v) is 11.8. The van der Waals surface area contributed by atoms with Gasteiger partial charge in [-0.25, -0.2) is 9.59 Å². The first-order valence-corrected chi connectivity index (χ1v) is 21.1. The maximum atomic E-state index is 12.6. The van der Waals surface area contributed by atoms with Gasteiger partial charge in [0.1, 0.15) is 11.1 Å². The predicted molar refractivity (Wildman–Crippen MR) is 240 cm³/mol. The molecule has 0 unspecified atom stereocenters. The smallest absolute Gasteiger partial charge is 0.341 e. The number of hydrogen-bond acceptors (Lipinski definition) is 12. The minimum Gasteiger partial charge on any atom is -0.493 e. The van der Waals surface area contributed by atoms with Crippen LogP contribution in [0, 0.1) is 10.8 Å². The number of nitrogens with zero attached hydrogens (tertiary/aromatic N) is 2. The van der Waals surface area contributed by atoms with E-state index < -0.39 is 22.8 Å². The van der Waals surface area contributed by atoms with E-state index in [0.717, 1.165) is 35.1 Å². The molecule has 2 N–H and O–H groups in total. The molecule has 6 rings (SSSR count). The Morgan fingerprint density at radius 2 is 0.938 bits per heavy atom. The van der Waals surface area contributed by atoms with Crippen molar-refractivity contribution >= 4 is 11.9 Å². The fourth-order valence-electron chi connectivity index (χ4n) is 8.56. The number of fused-ring (bicyclic) bond motifs is 6. The molecule has 16 heteroatoms. The van der Waals surface area contributed by atoms with Gasteiger partial charge in [0.2, 0.25) is 0 Å². The number of ether oxygens (including phenoxy) is 8. The van der Waals surface area contributed by atoms with Crippen LogP contribution in [0.4, 0.5) is 0 Å². The largest absolute Gasteiger partial charge is 0.493 e. The van der Waals surface area contributed by atoms with Gasteiger partial charge in [-0.05, 0) is 48.2 Å². The van der Waals surface area contributed by atoms with Crippen molar-refractivity contribution in [2.75, 3.05) is 82.3 Å². The molecule has 2 aliphatic rings. The summed E-state index contributed by atoms with van der Waals surface area (Å²) in [6.45, 7) is 11.4. The molecule has 0 radical (unpaired) electrons. The zero-order chi connectivity index (χ0) is 46.9. The molecule has 2 aromatic carbocycles. The lowest BCUT2D eigenvalue weighted by molar-refractivity contribution is 0.0614. The summed E-state index contributed by atoms with van der Waals surface area (Å²) in [7, 11) is 9.72. The van der Waals surface area contributed by atoms with Crippen LogP contribution >= 0.6 is 0 Å². The van der Waals surface area contributed by atoms with E-state index in [9.17, 15) is 29.4 Å². The van der Waals surface area contributed by atoms with Gasteiger partial charge in [-0.2, -0.15) is 0 Å². The minimum absolute atomic E-state index is 0.126. The van der Waals surface area contributed by atoms with E-state index in [0.29, 0.717) is 86.9 Å². The van der Waals surface area contributed by atoms with E-state index >= 15 is 0 Å². The molecule has 16 nitrogen and oxygen atoms in total. The van der Waals surface area contributed by atoms with Crippen molar-refractivity contribution in [1.82, 2.24) is 9.13 Å². The summed E-state index contributed by atoms with van der Waals surface area (Å²) in [4.78, 5) is 48.4. The van der Waals surface area contributed by atoms with Crippen molar-refractivity contribution in [3.8, 4) is 45.5 Å². The Bertz CT molecular complexity index is 2250. The van der Waals surface area contributed by atoms with Crippen LogP contribution in [0.5, 0.6) is 23.0 Å². The van der Waals surface area contributed by atoms with Crippen molar-refractivity contribution in [3.63, 3.8) is 0 Å². The van der Waals surface area contributed by atoms with Crippen molar-refractivity contribution < 1.29 is 57.7 Å². The molecule has 348 valence electrons. The molecule has 4 aromatic rings. The van der Waals surface area contributed by atoms with Crippen LogP contribution in [0.25, 0.3) is 22.5 Å². The summed E-state index contributed by atoms with van der Waals surface area (Å²) in [6, 6.07) is 10.2. The second-order valence-corrected chi connectivity index (χ2v) is 17.3. The molecule has 0 saturated heterocycles. The topological polar surface area (TPSA) is 192 Å². The second kappa shape index (κ2) is 21.3. The van der Waals surface area contributed by atoms with Crippen LogP contribution in [-0.4, -0.2) is 114 Å². The Labute approximate surface area is 373 Å². The van der Waals surface area contributed by atoms with Crippen molar-refractivity contribution in [2.24, 2.45) is 10.8 Å². The SMILES string of the molecule is COCCCOc1cc2c(cc1OC)-c1cc(=O)c(C(=O)O)cn1[C@@H](C(C)(C)COC)C2.COCCCOc1cc2c(cc1OC)-c1cc(=O)c(C(=O)O)cn1[C@H](C(C)(C)COC)C2. The summed E-state index contributed by atoms with van der Waals surface area (Å²) in [6.07, 6.45) is 5.64. The van der Waals surface area contributed by atoms with E-state index in [1.165, 1.54) is 24.5 Å². The van der Waals surface area contributed by atoms with E-state index in [1.807, 2.05) is 33.4 Å². The zero-order valence-corrected chi connectivity index (χ0v) is 38.5. The average molecular weight is 891 g/mol. The lowest BCUT2D eigenvalue weighted by Crippen LogP contribution is -2.37. The van der Waals surface area contributed by atoms with Gasteiger partial charge in [0.15, 0.2) is 33.9 Å². The average Bonchev–Trinajstić information content (AvgIpc) is 3.25. The molecule has 2 aliphatic heterocycles. The van der Waals surface area contributed by atoms with Gasteiger partial charge < -0.3 is 57.2 Å². The van der Waals surface area contributed by atoms with Crippen molar-refractivity contribution in [3.05, 3.63) is 91.5 Å². The maximum absolute atomic E-state index is 12.6. The van der Waals surface area contributed by atoms with Gasteiger partial charge in [-0.1, -0.05) is 27.7 Å². The quantitative estimate of drug-likeness (QED) is 0.0879. The molecule has 2 atom stereocenters. The molecule has 4 heterocycles. The number of hydrogen-bond donors (Lipinski definition) is 2. The van der Waals surface area contributed by atoms with Crippen LogP contribution in [-0.2, 0) is 31.8 Å². The number of benzene rings is 2. The molecular formula is C48H62N2O14. The first-order chi connectivity index (χ1) is 30.5. The molecule has 0 spiro atoms. The standard InChI is InChI=1S/2C24H31NO7/c2*1-24(2,14-30-4)22-10-15-9-21(32-8-6-7-29-3)20(31-5)11-16(15)18-12-19(26)17(23(27)28)13-25(18)22/h2*9,11-13,22H,6-8,10,14H2,1-5H3,(H,27,28)/t2*22-/m10/s1. The van der Waals surface area contributed by atoms with E-state index in [4.69, 9.17) is 37.9 Å². The summed E-state index contributed by atoms with van der Waals surface area (Å²) >= 11 is 0. The first-order valence-electron chi connectivity index (χ1n) is 21.1. The highest BCUT2D eigenvalue weighted by Crippen LogP contribution is 2.48. The number of carbonyl (C=O) groups is 2. The Morgan fingerprint density at radius 1 is 0.562 bits per heavy atom. The van der Waals surface area contributed by atoms with Crippen molar-refractivity contribution in [1.29, 1.82) is 0 Å². The minimum atomic E-state index is -1.24. The molecule has 2 aromatic heterocycles. The van der Waals surface area contributed by atoms with Gasteiger partial charge in [-0.3, -0.25) is 9.59 Å².